The second-order valence-corrected chi connectivity index (χ2v) is 6.24. The predicted octanol–water partition coefficient (Wildman–Crippen LogP) is -0.945. The standard InChI is InChI=1S/C19H31NO12/c1-14(21)30-11-16(32-15(2)22)12-31-19(26)4-3-17(23)20-5-6-27-7-8-28-9-10-29-13-18(24)25/h16H,3-13H2,1-2H3,(H,20,23)(H,24,25). The number of hydrogen-bond acceptors (Lipinski definition) is 11. The lowest BCUT2D eigenvalue weighted by Crippen LogP contribution is -2.30. The third kappa shape index (κ3) is 20.5. The van der Waals surface area contributed by atoms with Crippen LogP contribution in [-0.2, 0) is 52.4 Å². The van der Waals surface area contributed by atoms with Gasteiger partial charge in [-0.05, 0) is 0 Å². The van der Waals surface area contributed by atoms with Crippen molar-refractivity contribution in [3.63, 3.8) is 0 Å². The topological polar surface area (TPSA) is 173 Å². The van der Waals surface area contributed by atoms with Crippen molar-refractivity contribution in [3.8, 4) is 0 Å². The van der Waals surface area contributed by atoms with E-state index >= 15 is 0 Å². The van der Waals surface area contributed by atoms with E-state index < -0.39 is 30.0 Å². The molecule has 0 aliphatic rings. The maximum atomic E-state index is 11.7. The zero-order valence-corrected chi connectivity index (χ0v) is 18.3. The molecule has 0 aromatic carbocycles. The molecule has 0 rings (SSSR count). The molecular weight excluding hydrogens is 434 g/mol. The number of hydrogen-bond donors (Lipinski definition) is 2. The fourth-order valence-electron chi connectivity index (χ4n) is 1.99. The smallest absolute Gasteiger partial charge is 0.329 e. The Morgan fingerprint density at radius 1 is 0.781 bits per heavy atom. The Hall–Kier alpha value is -2.77. The number of aliphatic carboxylic acids is 1. The van der Waals surface area contributed by atoms with Crippen LogP contribution in [0.15, 0.2) is 0 Å². The summed E-state index contributed by atoms with van der Waals surface area (Å²) in [7, 11) is 0. The first-order chi connectivity index (χ1) is 15.2. The fourth-order valence-corrected chi connectivity index (χ4v) is 1.99. The highest BCUT2D eigenvalue weighted by atomic mass is 16.6. The Kier molecular flexibility index (Phi) is 17.3. The van der Waals surface area contributed by atoms with E-state index in [-0.39, 0.29) is 71.5 Å². The Labute approximate surface area is 185 Å². The molecule has 0 aromatic rings. The van der Waals surface area contributed by atoms with Gasteiger partial charge in [0.1, 0.15) is 19.8 Å². The number of rotatable bonds is 19. The molecule has 1 amide bonds. The molecule has 2 N–H and O–H groups in total. The van der Waals surface area contributed by atoms with Gasteiger partial charge in [-0.2, -0.15) is 0 Å². The monoisotopic (exact) mass is 465 g/mol. The molecule has 0 bridgehead atoms. The van der Waals surface area contributed by atoms with Crippen molar-refractivity contribution in [1.29, 1.82) is 0 Å². The van der Waals surface area contributed by atoms with Gasteiger partial charge in [-0.25, -0.2) is 4.79 Å². The number of amides is 1. The highest BCUT2D eigenvalue weighted by molar-refractivity contribution is 5.81. The first kappa shape index (κ1) is 29.2. The van der Waals surface area contributed by atoms with Gasteiger partial charge in [0.05, 0.1) is 39.5 Å². The summed E-state index contributed by atoms with van der Waals surface area (Å²) in [6.07, 6.45) is -1.20. The summed E-state index contributed by atoms with van der Waals surface area (Å²) < 4.78 is 29.7. The van der Waals surface area contributed by atoms with Gasteiger partial charge in [-0.1, -0.05) is 0 Å². The first-order valence-electron chi connectivity index (χ1n) is 9.88. The zero-order chi connectivity index (χ0) is 24.2. The summed E-state index contributed by atoms with van der Waals surface area (Å²) in [5, 5.41) is 10.9. The van der Waals surface area contributed by atoms with Gasteiger partial charge in [0.25, 0.3) is 0 Å². The average Bonchev–Trinajstić information content (AvgIpc) is 2.71. The number of carbonyl (C=O) groups excluding carboxylic acids is 4. The van der Waals surface area contributed by atoms with Crippen LogP contribution in [0.3, 0.4) is 0 Å². The number of ether oxygens (including phenoxy) is 6. The molecule has 0 aliphatic carbocycles. The minimum atomic E-state index is -1.04. The largest absolute Gasteiger partial charge is 0.480 e. The summed E-state index contributed by atoms with van der Waals surface area (Å²) in [4.78, 5) is 55.5. The van der Waals surface area contributed by atoms with Crippen molar-refractivity contribution in [2.24, 2.45) is 0 Å². The van der Waals surface area contributed by atoms with Crippen LogP contribution in [0.2, 0.25) is 0 Å². The molecule has 0 fully saturated rings. The van der Waals surface area contributed by atoms with Gasteiger partial charge >= 0.3 is 23.9 Å². The SMILES string of the molecule is CC(=O)OCC(COC(=O)CCC(=O)NCCOCCOCCOCC(=O)O)OC(C)=O. The Morgan fingerprint density at radius 3 is 1.97 bits per heavy atom. The Morgan fingerprint density at radius 2 is 1.38 bits per heavy atom. The maximum absolute atomic E-state index is 11.7. The lowest BCUT2D eigenvalue weighted by molar-refractivity contribution is -0.164. The maximum Gasteiger partial charge on any atom is 0.329 e. The second-order valence-electron chi connectivity index (χ2n) is 6.24. The number of nitrogens with one attached hydrogen (secondary N) is 1. The quantitative estimate of drug-likeness (QED) is 0.136. The van der Waals surface area contributed by atoms with Crippen LogP contribution in [0.1, 0.15) is 26.7 Å². The van der Waals surface area contributed by atoms with Crippen LogP contribution < -0.4 is 5.32 Å². The molecule has 32 heavy (non-hydrogen) atoms. The molecule has 0 heterocycles. The van der Waals surface area contributed by atoms with Gasteiger partial charge in [0, 0.05) is 26.8 Å². The average molecular weight is 465 g/mol. The minimum absolute atomic E-state index is 0.0968. The summed E-state index contributed by atoms with van der Waals surface area (Å²) >= 11 is 0. The second kappa shape index (κ2) is 19.0. The molecule has 0 radical (unpaired) electrons. The van der Waals surface area contributed by atoms with Crippen LogP contribution >= 0.6 is 0 Å². The van der Waals surface area contributed by atoms with Gasteiger partial charge < -0.3 is 38.8 Å². The molecule has 0 aromatic heterocycles. The van der Waals surface area contributed by atoms with Gasteiger partial charge in [-0.15, -0.1) is 0 Å². The number of carbonyl (C=O) groups is 5. The predicted molar refractivity (Wildman–Crippen MR) is 105 cm³/mol. The van der Waals surface area contributed by atoms with Crippen molar-refractivity contribution in [2.45, 2.75) is 32.8 Å². The van der Waals surface area contributed by atoms with Crippen molar-refractivity contribution in [1.82, 2.24) is 5.32 Å². The summed E-state index contributed by atoms with van der Waals surface area (Å²) in [6, 6.07) is 0. The molecule has 13 heteroatoms. The molecule has 0 aliphatic heterocycles. The lowest BCUT2D eigenvalue weighted by Gasteiger charge is -2.16. The van der Waals surface area contributed by atoms with E-state index in [0.717, 1.165) is 0 Å². The highest BCUT2D eigenvalue weighted by Crippen LogP contribution is 2.00. The molecular formula is C19H31NO12. The summed E-state index contributed by atoms with van der Waals surface area (Å²) in [6.45, 7) is 2.93. The normalized spacial score (nSPS) is 11.3. The summed E-state index contributed by atoms with van der Waals surface area (Å²) in [5.41, 5.74) is 0. The van der Waals surface area contributed by atoms with Crippen LogP contribution in [-0.4, -0.2) is 100 Å². The summed E-state index contributed by atoms with van der Waals surface area (Å²) in [5.74, 6) is -3.26. The van der Waals surface area contributed by atoms with Crippen LogP contribution in [0.25, 0.3) is 0 Å². The molecule has 13 nitrogen and oxygen atoms in total. The van der Waals surface area contributed by atoms with Crippen molar-refractivity contribution < 1.29 is 57.5 Å². The van der Waals surface area contributed by atoms with E-state index in [2.05, 4.69) is 5.32 Å². The third-order valence-corrected chi connectivity index (χ3v) is 3.33. The van der Waals surface area contributed by atoms with Gasteiger partial charge in [0.15, 0.2) is 6.10 Å². The minimum Gasteiger partial charge on any atom is -0.480 e. The Bertz CT molecular complexity index is 595. The molecule has 1 atom stereocenters. The van der Waals surface area contributed by atoms with Crippen molar-refractivity contribution in [3.05, 3.63) is 0 Å². The number of esters is 3. The van der Waals surface area contributed by atoms with E-state index in [0.29, 0.717) is 6.61 Å². The van der Waals surface area contributed by atoms with Crippen LogP contribution in [0, 0.1) is 0 Å². The van der Waals surface area contributed by atoms with Crippen molar-refractivity contribution in [2.75, 3.05) is 59.4 Å². The van der Waals surface area contributed by atoms with E-state index in [1.165, 1.54) is 13.8 Å². The van der Waals surface area contributed by atoms with E-state index in [4.69, 9.17) is 33.5 Å². The lowest BCUT2D eigenvalue weighted by atomic mass is 10.3. The third-order valence-electron chi connectivity index (χ3n) is 3.33. The molecule has 184 valence electrons. The molecule has 0 saturated heterocycles. The number of carboxylic acid groups (broad SMARTS) is 1. The molecule has 0 saturated carbocycles. The van der Waals surface area contributed by atoms with Gasteiger partial charge in [-0.3, -0.25) is 19.2 Å². The highest BCUT2D eigenvalue weighted by Gasteiger charge is 2.17. The Balaban J connectivity index is 3.71. The molecule has 1 unspecified atom stereocenters. The van der Waals surface area contributed by atoms with Gasteiger partial charge in [0.2, 0.25) is 5.91 Å². The zero-order valence-electron chi connectivity index (χ0n) is 18.3. The van der Waals surface area contributed by atoms with E-state index in [9.17, 15) is 24.0 Å². The van der Waals surface area contributed by atoms with E-state index in [1.807, 2.05) is 0 Å². The van der Waals surface area contributed by atoms with Crippen LogP contribution in [0.4, 0.5) is 0 Å². The number of carboxylic acids is 1. The fraction of sp³-hybridized carbons (Fsp3) is 0.737. The van der Waals surface area contributed by atoms with Crippen LogP contribution in [0.5, 0.6) is 0 Å². The van der Waals surface area contributed by atoms with E-state index in [1.54, 1.807) is 0 Å². The molecule has 0 spiro atoms. The van der Waals surface area contributed by atoms with Crippen molar-refractivity contribution >= 4 is 29.8 Å². The first-order valence-corrected chi connectivity index (χ1v) is 9.88.